The maximum absolute atomic E-state index is 11.2. The molecule has 1 heterocycles. The molecule has 1 unspecified atom stereocenters. The van der Waals surface area contributed by atoms with Gasteiger partial charge in [-0.25, -0.2) is 0 Å². The molecule has 0 radical (unpaired) electrons. The lowest BCUT2D eigenvalue weighted by atomic mass is 10.3. The average Bonchev–Trinajstić information content (AvgIpc) is 2.20. The van der Waals surface area contributed by atoms with Crippen LogP contribution >= 0.6 is 0 Å². The second-order valence-corrected chi connectivity index (χ2v) is 3.25. The van der Waals surface area contributed by atoms with Crippen LogP contribution in [0.4, 0.5) is 5.69 Å². The van der Waals surface area contributed by atoms with Crippen molar-refractivity contribution in [1.82, 2.24) is 4.57 Å². The zero-order valence-corrected chi connectivity index (χ0v) is 8.73. The Bertz CT molecular complexity index is 411. The fourth-order valence-corrected chi connectivity index (χ4v) is 1.18. The summed E-state index contributed by atoms with van der Waals surface area (Å²) >= 11 is 0. The molecule has 0 saturated heterocycles. The summed E-state index contributed by atoms with van der Waals surface area (Å²) in [7, 11) is 0. The van der Waals surface area contributed by atoms with E-state index in [9.17, 15) is 9.59 Å². The van der Waals surface area contributed by atoms with Crippen LogP contribution in [0, 0.1) is 0 Å². The number of aromatic nitrogens is 1. The summed E-state index contributed by atoms with van der Waals surface area (Å²) < 4.78 is 1.51. The van der Waals surface area contributed by atoms with Gasteiger partial charge >= 0.3 is 5.97 Å². The van der Waals surface area contributed by atoms with Crippen LogP contribution in [0.3, 0.4) is 0 Å². The lowest BCUT2D eigenvalue weighted by Crippen LogP contribution is -2.26. The van der Waals surface area contributed by atoms with Crippen molar-refractivity contribution in [2.75, 3.05) is 5.32 Å². The number of nitrogens with one attached hydrogen (secondary N) is 1. The first-order valence-corrected chi connectivity index (χ1v) is 4.74. The quantitative estimate of drug-likeness (QED) is 0.769. The van der Waals surface area contributed by atoms with Crippen molar-refractivity contribution in [3.05, 3.63) is 28.7 Å². The highest BCUT2D eigenvalue weighted by Gasteiger charge is 2.10. The zero-order chi connectivity index (χ0) is 11.4. The van der Waals surface area contributed by atoms with Crippen molar-refractivity contribution in [3.8, 4) is 0 Å². The number of aliphatic carboxylic acids is 1. The summed E-state index contributed by atoms with van der Waals surface area (Å²) in [5.74, 6) is -0.927. The number of hydrogen-bond acceptors (Lipinski definition) is 3. The zero-order valence-electron chi connectivity index (χ0n) is 8.73. The first-order valence-electron chi connectivity index (χ1n) is 4.74. The van der Waals surface area contributed by atoms with E-state index in [1.807, 2.05) is 6.92 Å². The predicted molar refractivity (Wildman–Crippen MR) is 57.1 cm³/mol. The molecule has 0 bridgehead atoms. The molecule has 82 valence electrons. The highest BCUT2D eigenvalue weighted by atomic mass is 16.4. The summed E-state index contributed by atoms with van der Waals surface area (Å²) in [5, 5.41) is 11.5. The van der Waals surface area contributed by atoms with E-state index >= 15 is 0 Å². The van der Waals surface area contributed by atoms with Gasteiger partial charge in [0.2, 0.25) is 0 Å². The van der Waals surface area contributed by atoms with Crippen molar-refractivity contribution in [2.45, 2.75) is 26.4 Å². The van der Waals surface area contributed by atoms with Gasteiger partial charge in [-0.1, -0.05) is 0 Å². The van der Waals surface area contributed by atoms with E-state index in [0.717, 1.165) is 0 Å². The summed E-state index contributed by atoms with van der Waals surface area (Å²) in [6.07, 6.45) is 1.61. The highest BCUT2D eigenvalue weighted by molar-refractivity contribution is 5.76. The van der Waals surface area contributed by atoms with Crippen molar-refractivity contribution in [2.24, 2.45) is 0 Å². The largest absolute Gasteiger partial charge is 0.480 e. The molecule has 2 N–H and O–H groups in total. The molecule has 1 aromatic rings. The average molecular weight is 210 g/mol. The number of rotatable bonds is 4. The molecule has 1 rings (SSSR count). The number of nitrogens with zero attached hydrogens (tertiary/aromatic N) is 1. The van der Waals surface area contributed by atoms with E-state index in [-0.39, 0.29) is 5.56 Å². The molecule has 0 aliphatic carbocycles. The minimum Gasteiger partial charge on any atom is -0.480 e. The Labute approximate surface area is 87.4 Å². The molecule has 0 spiro atoms. The molecule has 0 aliphatic heterocycles. The molecule has 0 aromatic carbocycles. The summed E-state index contributed by atoms with van der Waals surface area (Å²) in [6.45, 7) is 3.96. The molecular formula is C10H14N2O3. The molecule has 0 saturated carbocycles. The normalized spacial score (nSPS) is 12.1. The maximum Gasteiger partial charge on any atom is 0.325 e. The second kappa shape index (κ2) is 4.63. The fourth-order valence-electron chi connectivity index (χ4n) is 1.18. The van der Waals surface area contributed by atoms with Crippen LogP contribution in [0.1, 0.15) is 13.8 Å². The lowest BCUT2D eigenvalue weighted by Gasteiger charge is -2.11. The van der Waals surface area contributed by atoms with E-state index in [1.54, 1.807) is 19.2 Å². The topological polar surface area (TPSA) is 71.3 Å². The minimum atomic E-state index is -0.927. The van der Waals surface area contributed by atoms with Gasteiger partial charge < -0.3 is 15.0 Å². The third-order valence-electron chi connectivity index (χ3n) is 2.08. The first-order chi connectivity index (χ1) is 7.04. The number of hydrogen-bond donors (Lipinski definition) is 2. The van der Waals surface area contributed by atoms with Gasteiger partial charge in [-0.05, 0) is 19.9 Å². The predicted octanol–water partition coefficient (Wildman–Crippen LogP) is 0.753. The molecule has 15 heavy (non-hydrogen) atoms. The Balaban J connectivity index is 2.87. The molecule has 1 atom stereocenters. The summed E-state index contributed by atoms with van der Waals surface area (Å²) in [4.78, 5) is 21.8. The Hall–Kier alpha value is -1.78. The first kappa shape index (κ1) is 11.3. The highest BCUT2D eigenvalue weighted by Crippen LogP contribution is 2.05. The van der Waals surface area contributed by atoms with Crippen molar-refractivity contribution in [1.29, 1.82) is 0 Å². The van der Waals surface area contributed by atoms with Crippen LogP contribution in [0.5, 0.6) is 0 Å². The van der Waals surface area contributed by atoms with Crippen LogP contribution < -0.4 is 10.9 Å². The standard InChI is InChI=1S/C10H14N2O3/c1-3-12-6-8(4-5-9(12)13)11-7(2)10(14)15/h4-7,11H,3H2,1-2H3,(H,14,15). The molecule has 0 aliphatic rings. The molecular weight excluding hydrogens is 196 g/mol. The summed E-state index contributed by atoms with van der Waals surface area (Å²) in [5.41, 5.74) is 0.539. The van der Waals surface area contributed by atoms with E-state index in [1.165, 1.54) is 10.6 Å². The van der Waals surface area contributed by atoms with Gasteiger partial charge in [-0.15, -0.1) is 0 Å². The fraction of sp³-hybridized carbons (Fsp3) is 0.400. The Kier molecular flexibility index (Phi) is 3.49. The molecule has 1 aromatic heterocycles. The van der Waals surface area contributed by atoms with E-state index in [0.29, 0.717) is 12.2 Å². The van der Waals surface area contributed by atoms with E-state index in [2.05, 4.69) is 5.32 Å². The van der Waals surface area contributed by atoms with Crippen LogP contribution in [-0.4, -0.2) is 21.7 Å². The van der Waals surface area contributed by atoms with E-state index in [4.69, 9.17) is 5.11 Å². The number of carboxylic acid groups (broad SMARTS) is 1. The third-order valence-corrected chi connectivity index (χ3v) is 2.08. The second-order valence-electron chi connectivity index (χ2n) is 3.25. The van der Waals surface area contributed by atoms with Gasteiger partial charge in [0, 0.05) is 18.8 Å². The van der Waals surface area contributed by atoms with Gasteiger partial charge in [-0.3, -0.25) is 9.59 Å². The third kappa shape index (κ3) is 2.83. The number of carbonyl (C=O) groups is 1. The molecule has 5 nitrogen and oxygen atoms in total. The van der Waals surface area contributed by atoms with Crippen molar-refractivity contribution < 1.29 is 9.90 Å². The van der Waals surface area contributed by atoms with Gasteiger partial charge in [-0.2, -0.15) is 0 Å². The lowest BCUT2D eigenvalue weighted by molar-refractivity contribution is -0.137. The Morgan fingerprint density at radius 1 is 1.60 bits per heavy atom. The number of pyridine rings is 1. The monoisotopic (exact) mass is 210 g/mol. The van der Waals surface area contributed by atoms with Crippen LogP contribution in [-0.2, 0) is 11.3 Å². The Morgan fingerprint density at radius 2 is 2.27 bits per heavy atom. The Morgan fingerprint density at radius 3 is 2.80 bits per heavy atom. The van der Waals surface area contributed by atoms with Crippen LogP contribution in [0.25, 0.3) is 0 Å². The molecule has 0 fully saturated rings. The van der Waals surface area contributed by atoms with Gasteiger partial charge in [0.25, 0.3) is 5.56 Å². The van der Waals surface area contributed by atoms with Crippen molar-refractivity contribution in [3.63, 3.8) is 0 Å². The maximum atomic E-state index is 11.2. The molecule has 0 amide bonds. The van der Waals surface area contributed by atoms with Crippen LogP contribution in [0.15, 0.2) is 23.1 Å². The van der Waals surface area contributed by atoms with Gasteiger partial charge in [0.1, 0.15) is 6.04 Å². The number of anilines is 1. The van der Waals surface area contributed by atoms with Crippen LogP contribution in [0.2, 0.25) is 0 Å². The molecule has 5 heteroatoms. The minimum absolute atomic E-state index is 0.0916. The van der Waals surface area contributed by atoms with Gasteiger partial charge in [0.15, 0.2) is 0 Å². The van der Waals surface area contributed by atoms with Crippen molar-refractivity contribution >= 4 is 11.7 Å². The number of aryl methyl sites for hydroxylation is 1. The number of carboxylic acids is 1. The SMILES string of the molecule is CCn1cc(NC(C)C(=O)O)ccc1=O. The summed E-state index contributed by atoms with van der Waals surface area (Å²) in [6, 6.07) is 2.32. The van der Waals surface area contributed by atoms with E-state index < -0.39 is 12.0 Å². The smallest absolute Gasteiger partial charge is 0.325 e. The van der Waals surface area contributed by atoms with Gasteiger partial charge in [0.05, 0.1) is 5.69 Å².